The second-order valence-electron chi connectivity index (χ2n) is 5.63. The number of sulfonamides is 1. The van der Waals surface area contributed by atoms with Crippen molar-refractivity contribution in [1.29, 1.82) is 0 Å². The lowest BCUT2D eigenvalue weighted by molar-refractivity contribution is 0.601. The van der Waals surface area contributed by atoms with Crippen LogP contribution in [0.4, 0.5) is 5.69 Å². The zero-order valence-corrected chi connectivity index (χ0v) is 15.0. The number of halogens is 1. The molecule has 1 N–H and O–H groups in total. The first-order chi connectivity index (χ1) is 12.5. The van der Waals surface area contributed by atoms with E-state index in [1.807, 2.05) is 12.1 Å². The van der Waals surface area contributed by atoms with Crippen molar-refractivity contribution in [2.24, 2.45) is 0 Å². The van der Waals surface area contributed by atoms with Crippen molar-refractivity contribution in [3.63, 3.8) is 0 Å². The molecule has 0 saturated heterocycles. The van der Waals surface area contributed by atoms with Crippen LogP contribution in [0.2, 0.25) is 5.02 Å². The lowest BCUT2D eigenvalue weighted by Gasteiger charge is -2.07. The highest BCUT2D eigenvalue weighted by molar-refractivity contribution is 7.92. The van der Waals surface area contributed by atoms with Crippen LogP contribution in [0.3, 0.4) is 0 Å². The average molecular weight is 385 g/mol. The maximum atomic E-state index is 12.4. The first-order valence-electron chi connectivity index (χ1n) is 7.76. The summed E-state index contributed by atoms with van der Waals surface area (Å²) in [5.41, 5.74) is 2.26. The zero-order chi connectivity index (χ0) is 18.1. The van der Waals surface area contributed by atoms with E-state index >= 15 is 0 Å². The molecule has 3 aromatic carbocycles. The molecule has 0 aliphatic heterocycles. The first-order valence-corrected chi connectivity index (χ1v) is 9.62. The largest absolute Gasteiger partial charge is 0.436 e. The number of hydrogen-bond donors (Lipinski definition) is 1. The van der Waals surface area contributed by atoms with Gasteiger partial charge in [0.15, 0.2) is 5.58 Å². The fourth-order valence-electron chi connectivity index (χ4n) is 2.55. The Labute approximate surface area is 155 Å². The molecule has 1 aromatic heterocycles. The Balaban J connectivity index is 1.68. The van der Waals surface area contributed by atoms with Gasteiger partial charge in [0.05, 0.1) is 10.6 Å². The molecule has 26 heavy (non-hydrogen) atoms. The average Bonchev–Trinajstić information content (AvgIpc) is 3.05. The summed E-state index contributed by atoms with van der Waals surface area (Å²) < 4.78 is 33.2. The Morgan fingerprint density at radius 2 is 1.73 bits per heavy atom. The van der Waals surface area contributed by atoms with Gasteiger partial charge in [0.2, 0.25) is 5.89 Å². The Kier molecular flexibility index (Phi) is 4.14. The van der Waals surface area contributed by atoms with Gasteiger partial charge in [-0.3, -0.25) is 4.72 Å². The number of oxazole rings is 1. The van der Waals surface area contributed by atoms with Gasteiger partial charge in [-0.25, -0.2) is 13.4 Å². The molecule has 0 radical (unpaired) electrons. The van der Waals surface area contributed by atoms with Gasteiger partial charge in [-0.05, 0) is 42.5 Å². The summed E-state index contributed by atoms with van der Waals surface area (Å²) in [6, 6.07) is 20.3. The van der Waals surface area contributed by atoms with E-state index in [4.69, 9.17) is 16.0 Å². The summed E-state index contributed by atoms with van der Waals surface area (Å²) in [5.74, 6) is 0.422. The molecule has 1 heterocycles. The fourth-order valence-corrected chi connectivity index (χ4v) is 3.81. The van der Waals surface area contributed by atoms with Gasteiger partial charge in [0.25, 0.3) is 10.0 Å². The number of nitrogens with one attached hydrogen (secondary N) is 1. The van der Waals surface area contributed by atoms with Gasteiger partial charge in [-0.2, -0.15) is 0 Å². The van der Waals surface area contributed by atoms with Crippen LogP contribution in [0.25, 0.3) is 22.6 Å². The van der Waals surface area contributed by atoms with Crippen LogP contribution in [-0.2, 0) is 10.0 Å². The number of aromatic nitrogens is 1. The van der Waals surface area contributed by atoms with Gasteiger partial charge in [0.1, 0.15) is 5.52 Å². The van der Waals surface area contributed by atoms with Crippen molar-refractivity contribution < 1.29 is 12.8 Å². The molecule has 0 bridgehead atoms. The third-order valence-corrected chi connectivity index (χ3v) is 5.40. The molecule has 0 saturated carbocycles. The van der Waals surface area contributed by atoms with Crippen molar-refractivity contribution in [1.82, 2.24) is 4.98 Å². The molecule has 0 aliphatic carbocycles. The van der Waals surface area contributed by atoms with Crippen LogP contribution in [0.15, 0.2) is 82.1 Å². The quantitative estimate of drug-likeness (QED) is 0.540. The lowest BCUT2D eigenvalue weighted by Crippen LogP contribution is -2.12. The number of fused-ring (bicyclic) bond motifs is 1. The van der Waals surface area contributed by atoms with E-state index in [-0.39, 0.29) is 4.90 Å². The summed E-state index contributed by atoms with van der Waals surface area (Å²) in [5, 5.41) is 0.584. The molecule has 0 amide bonds. The lowest BCUT2D eigenvalue weighted by atomic mass is 10.2. The normalized spacial score (nSPS) is 11.6. The molecular formula is C19H13ClN2O3S. The molecule has 5 nitrogen and oxygen atoms in total. The Hall–Kier alpha value is -2.83. The Morgan fingerprint density at radius 3 is 2.50 bits per heavy atom. The Bertz CT molecular complexity index is 1190. The zero-order valence-electron chi connectivity index (χ0n) is 13.4. The van der Waals surface area contributed by atoms with E-state index in [9.17, 15) is 8.42 Å². The van der Waals surface area contributed by atoms with E-state index < -0.39 is 10.0 Å². The number of hydrogen-bond acceptors (Lipinski definition) is 4. The SMILES string of the molecule is O=S(=O)(Nc1ccc2nc(-c3cccc(Cl)c3)oc2c1)c1ccccc1. The molecule has 4 aromatic rings. The van der Waals surface area contributed by atoms with Gasteiger partial charge in [0, 0.05) is 16.7 Å². The predicted molar refractivity (Wildman–Crippen MR) is 102 cm³/mol. The van der Waals surface area contributed by atoms with Crippen molar-refractivity contribution >= 4 is 38.4 Å². The second kappa shape index (κ2) is 6.48. The van der Waals surface area contributed by atoms with E-state index in [1.165, 1.54) is 12.1 Å². The maximum Gasteiger partial charge on any atom is 0.261 e. The van der Waals surface area contributed by atoms with Crippen molar-refractivity contribution in [2.75, 3.05) is 4.72 Å². The first kappa shape index (κ1) is 16.6. The summed E-state index contributed by atoms with van der Waals surface area (Å²) in [6.45, 7) is 0. The van der Waals surface area contributed by atoms with Crippen molar-refractivity contribution in [3.8, 4) is 11.5 Å². The highest BCUT2D eigenvalue weighted by Crippen LogP contribution is 2.28. The van der Waals surface area contributed by atoms with Crippen LogP contribution >= 0.6 is 11.6 Å². The van der Waals surface area contributed by atoms with Gasteiger partial charge < -0.3 is 4.42 Å². The summed E-state index contributed by atoms with van der Waals surface area (Å²) in [6.07, 6.45) is 0. The number of benzene rings is 3. The number of rotatable bonds is 4. The van der Waals surface area contributed by atoms with Gasteiger partial charge in [-0.1, -0.05) is 35.9 Å². The van der Waals surface area contributed by atoms with Crippen molar-refractivity contribution in [2.45, 2.75) is 4.90 Å². The Morgan fingerprint density at radius 1 is 0.923 bits per heavy atom. The molecule has 0 unspecified atom stereocenters. The highest BCUT2D eigenvalue weighted by atomic mass is 35.5. The molecule has 4 rings (SSSR count). The van der Waals surface area contributed by atoms with Crippen LogP contribution in [-0.4, -0.2) is 13.4 Å². The number of anilines is 1. The summed E-state index contributed by atoms with van der Waals surface area (Å²) in [4.78, 5) is 4.61. The van der Waals surface area contributed by atoms with E-state index in [0.717, 1.165) is 5.56 Å². The number of nitrogens with zero attached hydrogens (tertiary/aromatic N) is 1. The third kappa shape index (κ3) is 3.29. The summed E-state index contributed by atoms with van der Waals surface area (Å²) >= 11 is 6.00. The monoisotopic (exact) mass is 384 g/mol. The minimum Gasteiger partial charge on any atom is -0.436 e. The van der Waals surface area contributed by atoms with Crippen LogP contribution in [0, 0.1) is 0 Å². The van der Waals surface area contributed by atoms with E-state index in [2.05, 4.69) is 9.71 Å². The van der Waals surface area contributed by atoms with Crippen LogP contribution in [0.1, 0.15) is 0 Å². The second-order valence-corrected chi connectivity index (χ2v) is 7.75. The highest BCUT2D eigenvalue weighted by Gasteiger charge is 2.15. The minimum atomic E-state index is -3.66. The molecule has 0 spiro atoms. The topological polar surface area (TPSA) is 72.2 Å². The molecular weight excluding hydrogens is 372 g/mol. The van der Waals surface area contributed by atoms with Gasteiger partial charge >= 0.3 is 0 Å². The molecule has 0 atom stereocenters. The molecule has 130 valence electrons. The molecule has 7 heteroatoms. The molecule has 0 fully saturated rings. The predicted octanol–water partition coefficient (Wildman–Crippen LogP) is 4.95. The van der Waals surface area contributed by atoms with Crippen LogP contribution < -0.4 is 4.72 Å². The minimum absolute atomic E-state index is 0.192. The smallest absolute Gasteiger partial charge is 0.261 e. The third-order valence-electron chi connectivity index (χ3n) is 3.77. The van der Waals surface area contributed by atoms with Crippen LogP contribution in [0.5, 0.6) is 0 Å². The standard InChI is InChI=1S/C19H13ClN2O3S/c20-14-6-4-5-13(11-14)19-21-17-10-9-15(12-18(17)25-19)22-26(23,24)16-7-2-1-3-8-16/h1-12,22H. The summed E-state index contributed by atoms with van der Waals surface area (Å²) in [7, 11) is -3.66. The maximum absolute atomic E-state index is 12.4. The van der Waals surface area contributed by atoms with Gasteiger partial charge in [-0.15, -0.1) is 0 Å². The van der Waals surface area contributed by atoms with E-state index in [1.54, 1.807) is 48.5 Å². The van der Waals surface area contributed by atoms with Crippen molar-refractivity contribution in [3.05, 3.63) is 77.8 Å². The van der Waals surface area contributed by atoms with E-state index in [0.29, 0.717) is 27.7 Å². The fraction of sp³-hybridized carbons (Fsp3) is 0. The molecule has 0 aliphatic rings.